The summed E-state index contributed by atoms with van der Waals surface area (Å²) in [6, 6.07) is 10.1. The highest BCUT2D eigenvalue weighted by molar-refractivity contribution is 7.92. The molecule has 0 heterocycles. The van der Waals surface area contributed by atoms with Gasteiger partial charge >= 0.3 is 0 Å². The van der Waals surface area contributed by atoms with Crippen LogP contribution in [0.4, 0.5) is 10.1 Å². The molecule has 1 unspecified atom stereocenters. The normalized spacial score (nSPS) is 12.8. The van der Waals surface area contributed by atoms with Crippen LogP contribution in [0.3, 0.4) is 0 Å². The molecule has 1 atom stereocenters. The summed E-state index contributed by atoms with van der Waals surface area (Å²) >= 11 is 0. The fourth-order valence-corrected chi connectivity index (χ4v) is 4.15. The largest absolute Gasteiger partial charge is 0.493 e. The van der Waals surface area contributed by atoms with Crippen molar-refractivity contribution >= 4 is 21.6 Å². The minimum absolute atomic E-state index is 0.0290. The number of rotatable bonds is 12. The Morgan fingerprint density at radius 3 is 2.40 bits per heavy atom. The predicted molar refractivity (Wildman–Crippen MR) is 140 cm³/mol. The molecule has 2 rings (SSSR count). The summed E-state index contributed by atoms with van der Waals surface area (Å²) in [4.78, 5) is 12.8. The fourth-order valence-electron chi connectivity index (χ4n) is 3.58. The lowest BCUT2D eigenvalue weighted by atomic mass is 9.86. The van der Waals surface area contributed by atoms with E-state index in [1.54, 1.807) is 13.0 Å². The smallest absolute Gasteiger partial charge is 0.229 e. The number of unbranched alkanes of at least 4 members (excludes halogenated alkanes) is 3. The Hall–Kier alpha value is -2.61. The van der Waals surface area contributed by atoms with Crippen molar-refractivity contribution in [1.29, 1.82) is 0 Å². The molecule has 2 aromatic carbocycles. The van der Waals surface area contributed by atoms with Crippen LogP contribution in [-0.4, -0.2) is 27.2 Å². The Balaban J connectivity index is 2.10. The number of nitrogens with one attached hydrogen (secondary N) is 2. The van der Waals surface area contributed by atoms with Crippen molar-refractivity contribution in [1.82, 2.24) is 5.32 Å². The molecule has 0 saturated carbocycles. The van der Waals surface area contributed by atoms with Crippen LogP contribution in [0.1, 0.15) is 82.9 Å². The number of hydrogen-bond donors (Lipinski definition) is 2. The third-order valence-corrected chi connectivity index (χ3v) is 6.41. The number of sulfonamides is 1. The van der Waals surface area contributed by atoms with Gasteiger partial charge in [-0.05, 0) is 48.1 Å². The molecular weight excluding hydrogens is 467 g/mol. The molecule has 0 aliphatic heterocycles. The number of benzene rings is 2. The molecule has 0 fully saturated rings. The highest BCUT2D eigenvalue weighted by Gasteiger charge is 2.20. The van der Waals surface area contributed by atoms with Crippen LogP contribution in [0, 0.1) is 5.82 Å². The van der Waals surface area contributed by atoms with Crippen molar-refractivity contribution < 1.29 is 22.3 Å². The number of amides is 1. The summed E-state index contributed by atoms with van der Waals surface area (Å²) in [5, 5.41) is 2.93. The van der Waals surface area contributed by atoms with Crippen LogP contribution < -0.4 is 14.8 Å². The summed E-state index contributed by atoms with van der Waals surface area (Å²) < 4.78 is 45.3. The number of carbonyl (C=O) groups excluding carboxylic acids is 1. The summed E-state index contributed by atoms with van der Waals surface area (Å²) in [7, 11) is -3.60. The lowest BCUT2D eigenvalue weighted by Gasteiger charge is -2.22. The molecule has 0 aromatic heterocycles. The van der Waals surface area contributed by atoms with Crippen LogP contribution in [0.25, 0.3) is 0 Å². The zero-order valence-corrected chi connectivity index (χ0v) is 22.5. The SMILES string of the molecule is CCCCCCOc1cc(C(C)(C)C)ccc1CNC(=O)C(C)c1ccc(NS(C)(=O)=O)c(F)c1. The first kappa shape index (κ1) is 28.6. The average molecular weight is 507 g/mol. The van der Waals surface area contributed by atoms with Gasteiger partial charge in [0.2, 0.25) is 15.9 Å². The van der Waals surface area contributed by atoms with Gasteiger partial charge in [0, 0.05) is 12.1 Å². The Morgan fingerprint density at radius 2 is 1.80 bits per heavy atom. The van der Waals surface area contributed by atoms with Crippen molar-refractivity contribution in [2.75, 3.05) is 17.6 Å². The quantitative estimate of drug-likeness (QED) is 0.353. The molecule has 0 radical (unpaired) electrons. The number of anilines is 1. The van der Waals surface area contributed by atoms with Crippen molar-refractivity contribution in [2.45, 2.75) is 78.2 Å². The van der Waals surface area contributed by atoms with Gasteiger partial charge in [-0.25, -0.2) is 12.8 Å². The van der Waals surface area contributed by atoms with Crippen LogP contribution in [0.2, 0.25) is 0 Å². The van der Waals surface area contributed by atoms with Gasteiger partial charge in [-0.15, -0.1) is 0 Å². The molecule has 6 nitrogen and oxygen atoms in total. The van der Waals surface area contributed by atoms with Crippen molar-refractivity contribution in [3.05, 3.63) is 58.9 Å². The fraction of sp³-hybridized carbons (Fsp3) is 0.519. The Morgan fingerprint density at radius 1 is 1.09 bits per heavy atom. The Bertz CT molecular complexity index is 1110. The van der Waals surface area contributed by atoms with Crippen molar-refractivity contribution in [2.24, 2.45) is 0 Å². The van der Waals surface area contributed by atoms with Gasteiger partial charge in [0.05, 0.1) is 24.5 Å². The maximum Gasteiger partial charge on any atom is 0.229 e. The van der Waals surface area contributed by atoms with E-state index in [4.69, 9.17) is 4.74 Å². The molecule has 35 heavy (non-hydrogen) atoms. The number of hydrogen-bond acceptors (Lipinski definition) is 4. The molecule has 2 aromatic rings. The average Bonchev–Trinajstić information content (AvgIpc) is 2.77. The molecule has 8 heteroatoms. The Kier molecular flexibility index (Phi) is 10.1. The number of ether oxygens (including phenoxy) is 1. The van der Waals surface area contributed by atoms with Crippen molar-refractivity contribution in [3.63, 3.8) is 0 Å². The first-order valence-electron chi connectivity index (χ1n) is 12.1. The van der Waals surface area contributed by atoms with E-state index < -0.39 is 21.8 Å². The summed E-state index contributed by atoms with van der Waals surface area (Å²) in [6.07, 6.45) is 5.39. The highest BCUT2D eigenvalue weighted by Crippen LogP contribution is 2.29. The molecular formula is C27H39FN2O4S. The topological polar surface area (TPSA) is 84.5 Å². The van der Waals surface area contributed by atoms with E-state index in [1.807, 2.05) is 12.1 Å². The number of halogens is 1. The van der Waals surface area contributed by atoms with Crippen LogP contribution in [0.5, 0.6) is 5.75 Å². The lowest BCUT2D eigenvalue weighted by molar-refractivity contribution is -0.122. The monoisotopic (exact) mass is 506 g/mol. The van der Waals surface area contributed by atoms with Gasteiger partial charge < -0.3 is 10.1 Å². The van der Waals surface area contributed by atoms with Gasteiger partial charge in [0.1, 0.15) is 11.6 Å². The van der Waals surface area contributed by atoms with E-state index in [0.717, 1.165) is 42.4 Å². The van der Waals surface area contributed by atoms with E-state index in [-0.39, 0.29) is 23.6 Å². The zero-order valence-electron chi connectivity index (χ0n) is 21.7. The molecule has 0 aliphatic carbocycles. The minimum atomic E-state index is -3.60. The lowest BCUT2D eigenvalue weighted by Crippen LogP contribution is -2.28. The summed E-state index contributed by atoms with van der Waals surface area (Å²) in [6.45, 7) is 11.2. The first-order chi connectivity index (χ1) is 16.3. The second kappa shape index (κ2) is 12.4. The summed E-state index contributed by atoms with van der Waals surface area (Å²) in [5.74, 6) is -0.848. The molecule has 0 bridgehead atoms. The van der Waals surface area contributed by atoms with Crippen LogP contribution in [-0.2, 0) is 26.8 Å². The Labute approximate surface area is 209 Å². The maximum absolute atomic E-state index is 14.4. The second-order valence-electron chi connectivity index (χ2n) is 10.0. The van der Waals surface area contributed by atoms with E-state index >= 15 is 0 Å². The third-order valence-electron chi connectivity index (χ3n) is 5.82. The second-order valence-corrected chi connectivity index (χ2v) is 11.8. The molecule has 0 spiro atoms. The molecule has 1 amide bonds. The maximum atomic E-state index is 14.4. The number of carbonyl (C=O) groups is 1. The minimum Gasteiger partial charge on any atom is -0.493 e. The standard InChI is InChI=1S/C27H39FN2O4S/c1-7-8-9-10-15-34-25-17-22(27(3,4)5)13-11-21(25)18-29-26(31)19(2)20-12-14-24(23(28)16-20)30-35(6,32)33/h11-14,16-17,19,30H,7-10,15,18H2,1-6H3,(H,29,31). The van der Waals surface area contributed by atoms with Crippen LogP contribution >= 0.6 is 0 Å². The van der Waals surface area contributed by atoms with E-state index in [9.17, 15) is 17.6 Å². The van der Waals surface area contributed by atoms with Gasteiger partial charge in [0.15, 0.2) is 0 Å². The highest BCUT2D eigenvalue weighted by atomic mass is 32.2. The zero-order chi connectivity index (χ0) is 26.2. The van der Waals surface area contributed by atoms with E-state index in [1.165, 1.54) is 18.6 Å². The summed E-state index contributed by atoms with van der Waals surface area (Å²) in [5.41, 5.74) is 2.31. The predicted octanol–water partition coefficient (Wildman–Crippen LogP) is 5.87. The molecule has 0 aliphatic rings. The molecule has 194 valence electrons. The molecule has 0 saturated heterocycles. The van der Waals surface area contributed by atoms with Gasteiger partial charge in [0.25, 0.3) is 0 Å². The van der Waals surface area contributed by atoms with E-state index in [2.05, 4.69) is 43.8 Å². The van der Waals surface area contributed by atoms with Gasteiger partial charge in [-0.3, -0.25) is 9.52 Å². The van der Waals surface area contributed by atoms with Crippen LogP contribution in [0.15, 0.2) is 36.4 Å². The van der Waals surface area contributed by atoms with Crippen molar-refractivity contribution in [3.8, 4) is 5.75 Å². The van der Waals surface area contributed by atoms with E-state index in [0.29, 0.717) is 12.2 Å². The first-order valence-corrected chi connectivity index (χ1v) is 14.0. The van der Waals surface area contributed by atoms with Gasteiger partial charge in [-0.1, -0.05) is 65.2 Å². The molecule has 2 N–H and O–H groups in total. The third kappa shape index (κ3) is 9.17. The van der Waals surface area contributed by atoms with Gasteiger partial charge in [-0.2, -0.15) is 0 Å².